The third-order valence-corrected chi connectivity index (χ3v) is 3.21. The van der Waals surface area contributed by atoms with Gasteiger partial charge in [-0.25, -0.2) is 4.98 Å². The van der Waals surface area contributed by atoms with Crippen molar-refractivity contribution in [3.63, 3.8) is 0 Å². The number of rotatable bonds is 2. The van der Waals surface area contributed by atoms with Gasteiger partial charge in [0.2, 0.25) is 0 Å². The van der Waals surface area contributed by atoms with Crippen LogP contribution in [0.25, 0.3) is 0 Å². The number of pyridine rings is 1. The van der Waals surface area contributed by atoms with Crippen molar-refractivity contribution < 1.29 is 4.74 Å². The smallest absolute Gasteiger partial charge is 0.129 e. The highest BCUT2D eigenvalue weighted by Gasteiger charge is 2.23. The van der Waals surface area contributed by atoms with E-state index in [1.165, 1.54) is 0 Å². The summed E-state index contributed by atoms with van der Waals surface area (Å²) in [6.07, 6.45) is 0.501. The van der Waals surface area contributed by atoms with Crippen LogP contribution < -0.4 is 4.90 Å². The molecule has 1 aliphatic heterocycles. The number of alkyl halides is 1. The Bertz CT molecular complexity index is 387. The number of aromatic nitrogens is 1. The van der Waals surface area contributed by atoms with E-state index in [-0.39, 0.29) is 12.2 Å². The molecule has 0 amide bonds. The summed E-state index contributed by atoms with van der Waals surface area (Å²) in [7, 11) is 0. The molecule has 0 saturated carbocycles. The summed E-state index contributed by atoms with van der Waals surface area (Å²) in [6, 6.07) is 4.11. The summed E-state index contributed by atoms with van der Waals surface area (Å²) in [5.41, 5.74) is 2.14. The molecule has 1 aromatic heterocycles. The molecule has 0 N–H and O–H groups in total. The van der Waals surface area contributed by atoms with Crippen molar-refractivity contribution in [3.05, 3.63) is 23.4 Å². The Morgan fingerprint density at radius 2 is 2.00 bits per heavy atom. The lowest BCUT2D eigenvalue weighted by atomic mass is 10.2. The molecule has 0 radical (unpaired) electrons. The first-order valence-electron chi connectivity index (χ1n) is 6.02. The summed E-state index contributed by atoms with van der Waals surface area (Å²) < 4.78 is 5.73. The second-order valence-corrected chi connectivity index (χ2v) is 5.04. The molecule has 3 nitrogen and oxygen atoms in total. The normalized spacial score (nSPS) is 25.1. The minimum absolute atomic E-state index is 0.250. The molecule has 2 heterocycles. The first-order valence-corrected chi connectivity index (χ1v) is 6.56. The van der Waals surface area contributed by atoms with Gasteiger partial charge in [-0.15, -0.1) is 11.6 Å². The summed E-state index contributed by atoms with van der Waals surface area (Å²) in [5.74, 6) is 1.55. The highest BCUT2D eigenvalue weighted by molar-refractivity contribution is 6.17. The van der Waals surface area contributed by atoms with Crippen LogP contribution in [0.5, 0.6) is 0 Å². The van der Waals surface area contributed by atoms with Gasteiger partial charge in [-0.1, -0.05) is 0 Å². The number of ether oxygens (including phenoxy) is 1. The Hall–Kier alpha value is -0.800. The average molecular weight is 255 g/mol. The van der Waals surface area contributed by atoms with E-state index < -0.39 is 0 Å². The Kier molecular flexibility index (Phi) is 3.89. The predicted molar refractivity (Wildman–Crippen MR) is 70.8 cm³/mol. The fraction of sp³-hybridized carbons (Fsp3) is 0.615. The molecule has 17 heavy (non-hydrogen) atoms. The molecule has 0 aliphatic carbocycles. The summed E-state index contributed by atoms with van der Waals surface area (Å²) in [4.78, 5) is 6.87. The molecule has 0 spiro atoms. The summed E-state index contributed by atoms with van der Waals surface area (Å²) >= 11 is 5.90. The number of aryl methyl sites for hydroxylation is 1. The first-order chi connectivity index (χ1) is 8.08. The number of hydrogen-bond donors (Lipinski definition) is 0. The third-order valence-electron chi connectivity index (χ3n) is 2.90. The largest absolute Gasteiger partial charge is 0.372 e. The summed E-state index contributed by atoms with van der Waals surface area (Å²) in [6.45, 7) is 7.99. The standard InChI is InChI=1S/C13H19ClN2O/c1-9-4-12(6-14)5-13(15-9)16-7-10(2)17-11(3)8-16/h4-5,10-11H,6-8H2,1-3H3. The van der Waals surface area contributed by atoms with E-state index in [9.17, 15) is 0 Å². The lowest BCUT2D eigenvalue weighted by molar-refractivity contribution is -0.00547. The zero-order chi connectivity index (χ0) is 12.4. The second kappa shape index (κ2) is 5.23. The van der Waals surface area contributed by atoms with Gasteiger partial charge < -0.3 is 9.64 Å². The Morgan fingerprint density at radius 3 is 2.59 bits per heavy atom. The molecule has 94 valence electrons. The molecule has 2 unspecified atom stereocenters. The maximum atomic E-state index is 5.90. The number of anilines is 1. The Balaban J connectivity index is 2.23. The van der Waals surface area contributed by atoms with Gasteiger partial charge in [0.1, 0.15) is 5.82 Å². The van der Waals surface area contributed by atoms with Crippen molar-refractivity contribution in [2.75, 3.05) is 18.0 Å². The van der Waals surface area contributed by atoms with Crippen LogP contribution in [0.4, 0.5) is 5.82 Å². The van der Waals surface area contributed by atoms with E-state index in [0.717, 1.165) is 30.2 Å². The second-order valence-electron chi connectivity index (χ2n) is 4.77. The van der Waals surface area contributed by atoms with Gasteiger partial charge in [-0.05, 0) is 38.5 Å². The molecule has 0 bridgehead atoms. The Morgan fingerprint density at radius 1 is 1.35 bits per heavy atom. The Labute approximate surface area is 108 Å². The van der Waals surface area contributed by atoms with Crippen LogP contribution in [0, 0.1) is 6.92 Å². The van der Waals surface area contributed by atoms with Crippen molar-refractivity contribution >= 4 is 17.4 Å². The van der Waals surface area contributed by atoms with Gasteiger partial charge in [-0.2, -0.15) is 0 Å². The number of morpholine rings is 1. The SMILES string of the molecule is Cc1cc(CCl)cc(N2CC(C)OC(C)C2)n1. The van der Waals surface area contributed by atoms with E-state index in [0.29, 0.717) is 5.88 Å². The van der Waals surface area contributed by atoms with Crippen molar-refractivity contribution in [2.24, 2.45) is 0 Å². The molecule has 4 heteroatoms. The van der Waals surface area contributed by atoms with Crippen LogP contribution in [0.2, 0.25) is 0 Å². The maximum Gasteiger partial charge on any atom is 0.129 e. The highest BCUT2D eigenvalue weighted by Crippen LogP contribution is 2.21. The van der Waals surface area contributed by atoms with Gasteiger partial charge in [0.25, 0.3) is 0 Å². The fourth-order valence-electron chi connectivity index (χ4n) is 2.33. The number of halogens is 1. The quantitative estimate of drug-likeness (QED) is 0.759. The average Bonchev–Trinajstić information content (AvgIpc) is 2.26. The van der Waals surface area contributed by atoms with Crippen LogP contribution in [0.3, 0.4) is 0 Å². The van der Waals surface area contributed by atoms with E-state index in [4.69, 9.17) is 16.3 Å². The van der Waals surface area contributed by atoms with Crippen molar-refractivity contribution in [1.82, 2.24) is 4.98 Å². The van der Waals surface area contributed by atoms with Crippen LogP contribution in [0.15, 0.2) is 12.1 Å². The van der Waals surface area contributed by atoms with Crippen LogP contribution >= 0.6 is 11.6 Å². The molecule has 2 rings (SSSR count). The van der Waals surface area contributed by atoms with E-state index >= 15 is 0 Å². The van der Waals surface area contributed by atoms with Crippen molar-refractivity contribution in [3.8, 4) is 0 Å². The van der Waals surface area contributed by atoms with E-state index in [1.807, 2.05) is 13.0 Å². The monoisotopic (exact) mass is 254 g/mol. The third kappa shape index (κ3) is 3.11. The minimum Gasteiger partial charge on any atom is -0.372 e. The summed E-state index contributed by atoms with van der Waals surface area (Å²) in [5, 5.41) is 0. The van der Waals surface area contributed by atoms with Gasteiger partial charge in [0.05, 0.1) is 12.2 Å². The van der Waals surface area contributed by atoms with Gasteiger partial charge >= 0.3 is 0 Å². The van der Waals surface area contributed by atoms with Gasteiger partial charge in [0.15, 0.2) is 0 Å². The number of hydrogen-bond acceptors (Lipinski definition) is 3. The molecule has 1 saturated heterocycles. The number of nitrogens with zero attached hydrogens (tertiary/aromatic N) is 2. The zero-order valence-corrected chi connectivity index (χ0v) is 11.4. The van der Waals surface area contributed by atoms with Crippen LogP contribution in [-0.4, -0.2) is 30.3 Å². The topological polar surface area (TPSA) is 25.4 Å². The molecule has 1 aromatic rings. The first kappa shape index (κ1) is 12.7. The fourth-order valence-corrected chi connectivity index (χ4v) is 2.48. The molecular weight excluding hydrogens is 236 g/mol. The minimum atomic E-state index is 0.250. The molecule has 2 atom stereocenters. The van der Waals surface area contributed by atoms with E-state index in [2.05, 4.69) is 29.8 Å². The van der Waals surface area contributed by atoms with Crippen LogP contribution in [-0.2, 0) is 10.6 Å². The van der Waals surface area contributed by atoms with Gasteiger partial charge in [-0.3, -0.25) is 0 Å². The highest BCUT2D eigenvalue weighted by atomic mass is 35.5. The predicted octanol–water partition coefficient (Wildman–Crippen LogP) is 2.74. The van der Waals surface area contributed by atoms with Crippen molar-refractivity contribution in [2.45, 2.75) is 38.9 Å². The van der Waals surface area contributed by atoms with Crippen LogP contribution in [0.1, 0.15) is 25.1 Å². The van der Waals surface area contributed by atoms with Gasteiger partial charge in [0, 0.05) is 24.7 Å². The maximum absolute atomic E-state index is 5.90. The lowest BCUT2D eigenvalue weighted by Gasteiger charge is -2.36. The van der Waals surface area contributed by atoms with Crippen molar-refractivity contribution in [1.29, 1.82) is 0 Å². The van der Waals surface area contributed by atoms with E-state index in [1.54, 1.807) is 0 Å². The molecule has 0 aromatic carbocycles. The molecule has 1 fully saturated rings. The molecule has 1 aliphatic rings. The lowest BCUT2D eigenvalue weighted by Crippen LogP contribution is -2.45. The zero-order valence-electron chi connectivity index (χ0n) is 10.6. The molecular formula is C13H19ClN2O.